The molecule has 0 radical (unpaired) electrons. The average Bonchev–Trinajstić information content (AvgIpc) is 3.53. The van der Waals surface area contributed by atoms with Gasteiger partial charge in [0.25, 0.3) is 11.8 Å². The first-order valence-electron chi connectivity index (χ1n) is 10.9. The summed E-state index contributed by atoms with van der Waals surface area (Å²) >= 11 is 0. The molecule has 0 saturated carbocycles. The summed E-state index contributed by atoms with van der Waals surface area (Å²) in [5.41, 5.74) is 1.67. The van der Waals surface area contributed by atoms with Crippen LogP contribution < -0.4 is 15.4 Å². The van der Waals surface area contributed by atoms with Gasteiger partial charge >= 0.3 is 6.03 Å². The second kappa shape index (κ2) is 7.66. The van der Waals surface area contributed by atoms with Gasteiger partial charge in [0.15, 0.2) is 5.54 Å². The number of carbonyl (C=O) groups excluding carboxylic acids is 3. The van der Waals surface area contributed by atoms with Crippen molar-refractivity contribution in [2.24, 2.45) is 0 Å². The van der Waals surface area contributed by atoms with Crippen molar-refractivity contribution in [3.05, 3.63) is 77.9 Å². The Morgan fingerprint density at radius 1 is 1.14 bits per heavy atom. The minimum absolute atomic E-state index is 0.108. The van der Waals surface area contributed by atoms with E-state index < -0.39 is 17.5 Å². The molecule has 4 amide bonds. The highest BCUT2D eigenvalue weighted by molar-refractivity contribution is 6.08. The lowest BCUT2D eigenvalue weighted by atomic mass is 9.95. The molecule has 1 fully saturated rings. The second-order valence-corrected chi connectivity index (χ2v) is 8.46. The Morgan fingerprint density at radius 2 is 2.03 bits per heavy atom. The van der Waals surface area contributed by atoms with Gasteiger partial charge in [0.1, 0.15) is 17.1 Å². The molecule has 3 aromatic heterocycles. The first-order chi connectivity index (χ1) is 17.0. The van der Waals surface area contributed by atoms with E-state index in [1.807, 2.05) is 18.2 Å². The van der Waals surface area contributed by atoms with Crippen molar-refractivity contribution in [2.45, 2.75) is 12.1 Å². The van der Waals surface area contributed by atoms with E-state index in [4.69, 9.17) is 9.15 Å². The number of nitrogens with zero attached hydrogens (tertiary/aromatic N) is 3. The topological polar surface area (TPSA) is 127 Å². The largest absolute Gasteiger partial charge is 0.497 e. The summed E-state index contributed by atoms with van der Waals surface area (Å²) in [6.45, 7) is 0.180. The van der Waals surface area contributed by atoms with E-state index in [0.717, 1.165) is 11.1 Å². The molecule has 1 aromatic carbocycles. The number of rotatable bonds is 5. The Hall–Kier alpha value is -4.73. The number of imide groups is 1. The summed E-state index contributed by atoms with van der Waals surface area (Å²) < 4.78 is 11.3. The maximum atomic E-state index is 13.2. The van der Waals surface area contributed by atoms with Gasteiger partial charge in [-0.3, -0.25) is 24.9 Å². The number of methoxy groups -OCH3 is 1. The van der Waals surface area contributed by atoms with E-state index >= 15 is 0 Å². The number of furan rings is 1. The van der Waals surface area contributed by atoms with Gasteiger partial charge in [-0.15, -0.1) is 0 Å². The molecule has 10 heteroatoms. The number of ether oxygens (including phenoxy) is 1. The Morgan fingerprint density at radius 3 is 2.77 bits per heavy atom. The summed E-state index contributed by atoms with van der Waals surface area (Å²) in [6, 6.07) is 11.7. The minimum atomic E-state index is -1.59. The van der Waals surface area contributed by atoms with Crippen LogP contribution in [0.2, 0.25) is 0 Å². The van der Waals surface area contributed by atoms with Crippen LogP contribution in [0.15, 0.2) is 65.5 Å². The molecular formula is C25H19N5O5. The van der Waals surface area contributed by atoms with Crippen LogP contribution in [0.4, 0.5) is 4.79 Å². The molecule has 10 nitrogen and oxygen atoms in total. The average molecular weight is 469 g/mol. The van der Waals surface area contributed by atoms with Crippen molar-refractivity contribution in [3.8, 4) is 17.0 Å². The fourth-order valence-corrected chi connectivity index (χ4v) is 4.55. The Labute approximate surface area is 198 Å². The predicted molar refractivity (Wildman–Crippen MR) is 123 cm³/mol. The van der Waals surface area contributed by atoms with Crippen LogP contribution in [-0.4, -0.2) is 46.4 Å². The van der Waals surface area contributed by atoms with Gasteiger partial charge < -0.3 is 19.4 Å². The zero-order valence-corrected chi connectivity index (χ0v) is 18.6. The Balaban J connectivity index is 1.38. The molecular weight excluding hydrogens is 450 g/mol. The van der Waals surface area contributed by atoms with E-state index in [9.17, 15) is 14.4 Å². The maximum Gasteiger partial charge on any atom is 0.322 e. The number of carbonyl (C=O) groups is 3. The second-order valence-electron chi connectivity index (χ2n) is 8.46. The van der Waals surface area contributed by atoms with E-state index in [0.29, 0.717) is 28.0 Å². The predicted octanol–water partition coefficient (Wildman–Crippen LogP) is 2.59. The van der Waals surface area contributed by atoms with Gasteiger partial charge in [-0.05, 0) is 35.9 Å². The third-order valence-electron chi connectivity index (χ3n) is 6.34. The monoisotopic (exact) mass is 469 g/mol. The molecule has 5 heterocycles. The van der Waals surface area contributed by atoms with Gasteiger partial charge in [0.05, 0.1) is 19.3 Å². The summed E-state index contributed by atoms with van der Waals surface area (Å²) in [5.74, 6) is -0.0793. The number of hydrogen-bond acceptors (Lipinski definition) is 7. The fourth-order valence-electron chi connectivity index (χ4n) is 4.55. The molecule has 0 spiro atoms. The van der Waals surface area contributed by atoms with E-state index in [-0.39, 0.29) is 24.8 Å². The highest BCUT2D eigenvalue weighted by Crippen LogP contribution is 2.35. The lowest BCUT2D eigenvalue weighted by molar-refractivity contribution is -0.125. The van der Waals surface area contributed by atoms with Crippen LogP contribution >= 0.6 is 0 Å². The van der Waals surface area contributed by atoms with Crippen LogP contribution in [0.1, 0.15) is 21.7 Å². The van der Waals surface area contributed by atoms with Gasteiger partial charge in [0.2, 0.25) is 0 Å². The van der Waals surface area contributed by atoms with Crippen molar-refractivity contribution < 1.29 is 23.5 Å². The number of hydrogen-bond donors (Lipinski definition) is 2. The molecule has 6 rings (SSSR count). The van der Waals surface area contributed by atoms with E-state index in [1.54, 1.807) is 42.9 Å². The Bertz CT molecular complexity index is 1520. The Kier molecular flexibility index (Phi) is 4.56. The van der Waals surface area contributed by atoms with Crippen molar-refractivity contribution in [2.75, 3.05) is 13.7 Å². The molecule has 2 aliphatic rings. The zero-order valence-electron chi connectivity index (χ0n) is 18.6. The molecule has 35 heavy (non-hydrogen) atoms. The van der Waals surface area contributed by atoms with Crippen molar-refractivity contribution >= 4 is 28.8 Å². The fraction of sp³-hybridized carbons (Fsp3) is 0.160. The van der Waals surface area contributed by atoms with Crippen LogP contribution in [-0.2, 0) is 16.9 Å². The summed E-state index contributed by atoms with van der Waals surface area (Å²) in [4.78, 5) is 48.6. The minimum Gasteiger partial charge on any atom is -0.497 e. The van der Waals surface area contributed by atoms with Gasteiger partial charge in [-0.25, -0.2) is 4.79 Å². The summed E-state index contributed by atoms with van der Waals surface area (Å²) in [5, 5.41) is 5.63. The van der Waals surface area contributed by atoms with Crippen molar-refractivity contribution in [1.82, 2.24) is 25.5 Å². The number of fused-ring (bicyclic) bond motifs is 2. The first kappa shape index (κ1) is 20.8. The van der Waals surface area contributed by atoms with Crippen LogP contribution in [0.25, 0.3) is 22.2 Å². The molecule has 0 bridgehead atoms. The van der Waals surface area contributed by atoms with E-state index in [1.165, 1.54) is 12.0 Å². The number of urea groups is 1. The molecule has 2 aliphatic heterocycles. The number of nitrogens with one attached hydrogen (secondary N) is 2. The summed E-state index contributed by atoms with van der Waals surface area (Å²) in [6.07, 6.45) is 5.00. The maximum absolute atomic E-state index is 13.2. The molecule has 1 saturated heterocycles. The third kappa shape index (κ3) is 3.30. The molecule has 174 valence electrons. The van der Waals surface area contributed by atoms with E-state index in [2.05, 4.69) is 20.6 Å². The van der Waals surface area contributed by atoms with Crippen molar-refractivity contribution in [1.29, 1.82) is 0 Å². The first-order valence-corrected chi connectivity index (χ1v) is 10.9. The molecule has 0 aliphatic carbocycles. The third-order valence-corrected chi connectivity index (χ3v) is 6.34. The molecule has 1 atom stereocenters. The highest BCUT2D eigenvalue weighted by Gasteiger charge is 2.53. The normalized spacial score (nSPS) is 19.1. The molecule has 2 N–H and O–H groups in total. The number of aromatic nitrogens is 2. The smallest absolute Gasteiger partial charge is 0.322 e. The van der Waals surface area contributed by atoms with Crippen LogP contribution in [0.5, 0.6) is 5.75 Å². The highest BCUT2D eigenvalue weighted by atomic mass is 16.5. The van der Waals surface area contributed by atoms with Gasteiger partial charge in [0, 0.05) is 47.7 Å². The standard InChI is InChI=1S/C25H19N5O5/c1-34-17-5-4-15-12-30(22(31)18(15)8-17)13-25(23(32)28-24(33)29-25)21-7-16-11-27-19(9-20(16)35-21)14-3-2-6-26-10-14/h2-11H,12-13H2,1H3,(H2,28,29,32,33). The SMILES string of the molecule is COc1ccc2c(c1)C(=O)N(CC1(c3cc4cnc(-c5cccnc5)cc4o3)NC(=O)NC1=O)C2. The zero-order chi connectivity index (χ0) is 24.2. The number of benzene rings is 1. The van der Waals surface area contributed by atoms with Crippen molar-refractivity contribution in [3.63, 3.8) is 0 Å². The van der Waals surface area contributed by atoms with Gasteiger partial charge in [-0.1, -0.05) is 6.07 Å². The number of amides is 4. The molecule has 1 unspecified atom stereocenters. The van der Waals surface area contributed by atoms with Crippen LogP contribution in [0, 0.1) is 0 Å². The van der Waals surface area contributed by atoms with Gasteiger partial charge in [-0.2, -0.15) is 0 Å². The number of pyridine rings is 2. The quantitative estimate of drug-likeness (QED) is 0.430. The molecule has 4 aromatic rings. The summed E-state index contributed by atoms with van der Waals surface area (Å²) in [7, 11) is 1.53. The lowest BCUT2D eigenvalue weighted by Crippen LogP contribution is -2.52. The lowest BCUT2D eigenvalue weighted by Gasteiger charge is -2.29. The van der Waals surface area contributed by atoms with Crippen LogP contribution in [0.3, 0.4) is 0 Å².